The van der Waals surface area contributed by atoms with Gasteiger partial charge in [-0.3, -0.25) is 14.3 Å². The van der Waals surface area contributed by atoms with Gasteiger partial charge in [0.25, 0.3) is 11.5 Å². The molecule has 0 bridgehead atoms. The largest absolute Gasteiger partial charge is 0.344 e. The van der Waals surface area contributed by atoms with E-state index in [1.54, 1.807) is 62.4 Å². The maximum Gasteiger partial charge on any atom is 0.274 e. The highest BCUT2D eigenvalue weighted by atomic mass is 32.2. The summed E-state index contributed by atoms with van der Waals surface area (Å²) < 4.78 is 27.0. The van der Waals surface area contributed by atoms with E-state index in [1.165, 1.54) is 4.68 Å². The summed E-state index contributed by atoms with van der Waals surface area (Å²) in [4.78, 5) is 25.4. The molecule has 2 N–H and O–H groups in total. The number of sulfonamides is 1. The molecule has 1 aromatic heterocycles. The summed E-state index contributed by atoms with van der Waals surface area (Å²) in [5.74, 6) is -0.454. The minimum atomic E-state index is -3.47. The number of anilines is 1. The van der Waals surface area contributed by atoms with Gasteiger partial charge >= 0.3 is 0 Å². The van der Waals surface area contributed by atoms with Crippen molar-refractivity contribution < 1.29 is 13.2 Å². The predicted molar refractivity (Wildman–Crippen MR) is 112 cm³/mol. The molecule has 0 saturated carbocycles. The molecule has 3 aromatic rings. The van der Waals surface area contributed by atoms with E-state index in [0.29, 0.717) is 28.6 Å². The maximum atomic E-state index is 13.0. The number of hydrogen-bond acceptors (Lipinski definition) is 5. The number of aromatic nitrogens is 2. The van der Waals surface area contributed by atoms with Gasteiger partial charge in [0, 0.05) is 11.9 Å². The number of fused-ring (bicyclic) bond motifs is 1. The number of aryl methyl sites for hydroxylation is 1. The fourth-order valence-corrected chi connectivity index (χ4v) is 3.71. The van der Waals surface area contributed by atoms with Crippen LogP contribution in [0.25, 0.3) is 10.8 Å². The summed E-state index contributed by atoms with van der Waals surface area (Å²) in [5.41, 5.74) is 0.886. The molecule has 9 heteroatoms. The van der Waals surface area contributed by atoms with Crippen molar-refractivity contribution in [2.24, 2.45) is 0 Å². The Labute approximate surface area is 168 Å². The van der Waals surface area contributed by atoms with Crippen molar-refractivity contribution in [1.29, 1.82) is 0 Å². The first-order valence-electron chi connectivity index (χ1n) is 9.08. The minimum Gasteiger partial charge on any atom is -0.344 e. The summed E-state index contributed by atoms with van der Waals surface area (Å²) >= 11 is 0. The molecule has 2 aromatic carbocycles. The third-order valence-corrected chi connectivity index (χ3v) is 5.04. The average molecular weight is 414 g/mol. The zero-order valence-corrected chi connectivity index (χ0v) is 17.2. The second-order valence-electron chi connectivity index (χ2n) is 6.67. The van der Waals surface area contributed by atoms with Crippen LogP contribution in [0.3, 0.4) is 0 Å². The van der Waals surface area contributed by atoms with Crippen LogP contribution < -0.4 is 15.6 Å². The number of amides is 1. The summed E-state index contributed by atoms with van der Waals surface area (Å²) in [6.07, 6.45) is 1.07. The standard InChI is InChI=1S/C20H22N4O4S/c1-4-24-20(26)16-11-6-5-10-15(16)18(22-24)19(25)21-13(2)14-9-7-8-12-17(14)23-29(3,27)28/h5-13,23H,4H2,1-3H3,(H,21,25). The summed E-state index contributed by atoms with van der Waals surface area (Å²) in [5, 5.41) is 7.96. The third kappa shape index (κ3) is 4.45. The highest BCUT2D eigenvalue weighted by molar-refractivity contribution is 7.92. The van der Waals surface area contributed by atoms with Crippen LogP contribution in [-0.2, 0) is 16.6 Å². The molecule has 1 heterocycles. The van der Waals surface area contributed by atoms with Gasteiger partial charge in [-0.05, 0) is 31.5 Å². The Bertz CT molecular complexity index is 1230. The Kier molecular flexibility index (Phi) is 5.69. The van der Waals surface area contributed by atoms with Crippen molar-refractivity contribution in [2.75, 3.05) is 11.0 Å². The molecule has 0 aliphatic rings. The van der Waals surface area contributed by atoms with Crippen LogP contribution in [0, 0.1) is 0 Å². The van der Waals surface area contributed by atoms with Gasteiger partial charge in [-0.15, -0.1) is 0 Å². The van der Waals surface area contributed by atoms with Crippen molar-refractivity contribution in [1.82, 2.24) is 15.1 Å². The van der Waals surface area contributed by atoms with Crippen LogP contribution in [-0.4, -0.2) is 30.4 Å². The van der Waals surface area contributed by atoms with Gasteiger partial charge in [0.2, 0.25) is 10.0 Å². The van der Waals surface area contributed by atoms with Gasteiger partial charge in [0.05, 0.1) is 23.4 Å². The van der Waals surface area contributed by atoms with Gasteiger partial charge in [-0.2, -0.15) is 5.10 Å². The van der Waals surface area contributed by atoms with Gasteiger partial charge in [0.1, 0.15) is 0 Å². The molecule has 0 aliphatic carbocycles. The van der Waals surface area contributed by atoms with Gasteiger partial charge in [-0.1, -0.05) is 36.4 Å². The smallest absolute Gasteiger partial charge is 0.274 e. The van der Waals surface area contributed by atoms with Crippen molar-refractivity contribution >= 4 is 32.4 Å². The lowest BCUT2D eigenvalue weighted by atomic mass is 10.1. The molecule has 1 atom stereocenters. The van der Waals surface area contributed by atoms with E-state index in [9.17, 15) is 18.0 Å². The molecule has 152 valence electrons. The number of benzene rings is 2. The quantitative estimate of drug-likeness (QED) is 0.643. The number of carbonyl (C=O) groups is 1. The van der Waals surface area contributed by atoms with E-state index in [4.69, 9.17) is 0 Å². The van der Waals surface area contributed by atoms with Gasteiger partial charge < -0.3 is 5.32 Å². The number of para-hydroxylation sites is 1. The first kappa shape index (κ1) is 20.5. The van der Waals surface area contributed by atoms with Crippen molar-refractivity contribution in [2.45, 2.75) is 26.4 Å². The molecular weight excluding hydrogens is 392 g/mol. The number of nitrogens with zero attached hydrogens (tertiary/aromatic N) is 2. The molecule has 1 unspecified atom stereocenters. The molecule has 1 amide bonds. The van der Waals surface area contributed by atoms with Crippen molar-refractivity contribution in [3.8, 4) is 0 Å². The van der Waals surface area contributed by atoms with Crippen molar-refractivity contribution in [3.63, 3.8) is 0 Å². The lowest BCUT2D eigenvalue weighted by Gasteiger charge is -2.19. The average Bonchev–Trinajstić information content (AvgIpc) is 2.67. The van der Waals surface area contributed by atoms with E-state index in [-0.39, 0.29) is 11.3 Å². The zero-order chi connectivity index (χ0) is 21.2. The molecule has 8 nitrogen and oxygen atoms in total. The molecule has 0 saturated heterocycles. The molecule has 0 radical (unpaired) electrons. The van der Waals surface area contributed by atoms with Gasteiger partial charge in [-0.25, -0.2) is 13.1 Å². The zero-order valence-electron chi connectivity index (χ0n) is 16.3. The minimum absolute atomic E-state index is 0.141. The highest BCUT2D eigenvalue weighted by Crippen LogP contribution is 2.24. The Morgan fingerprint density at radius 1 is 1.10 bits per heavy atom. The van der Waals surface area contributed by atoms with E-state index in [2.05, 4.69) is 15.1 Å². The molecule has 0 spiro atoms. The Hall–Kier alpha value is -3.20. The number of nitrogens with one attached hydrogen (secondary N) is 2. The summed E-state index contributed by atoms with van der Waals surface area (Å²) in [6.45, 7) is 3.86. The fraction of sp³-hybridized carbons (Fsp3) is 0.250. The van der Waals surface area contributed by atoms with Crippen molar-refractivity contribution in [3.05, 3.63) is 70.1 Å². The molecule has 3 rings (SSSR count). The predicted octanol–water partition coefficient (Wildman–Crippen LogP) is 2.28. The monoisotopic (exact) mass is 414 g/mol. The first-order valence-corrected chi connectivity index (χ1v) is 11.0. The third-order valence-electron chi connectivity index (χ3n) is 4.45. The van der Waals surface area contributed by atoms with Crippen LogP contribution in [0.4, 0.5) is 5.69 Å². The Balaban J connectivity index is 1.98. The summed E-state index contributed by atoms with van der Waals surface area (Å²) in [6, 6.07) is 13.1. The summed E-state index contributed by atoms with van der Waals surface area (Å²) in [7, 11) is -3.47. The Morgan fingerprint density at radius 2 is 1.72 bits per heavy atom. The molecule has 29 heavy (non-hydrogen) atoms. The maximum absolute atomic E-state index is 13.0. The molecular formula is C20H22N4O4S. The number of carbonyl (C=O) groups excluding carboxylic acids is 1. The molecule has 0 fully saturated rings. The first-order chi connectivity index (χ1) is 13.7. The SMILES string of the molecule is CCn1nc(C(=O)NC(C)c2ccccc2NS(C)(=O)=O)c2ccccc2c1=O. The van der Waals surface area contributed by atoms with E-state index in [1.807, 2.05) is 0 Å². The van der Waals surface area contributed by atoms with E-state index in [0.717, 1.165) is 6.26 Å². The Morgan fingerprint density at radius 3 is 2.38 bits per heavy atom. The van der Waals surface area contributed by atoms with Gasteiger partial charge in [0.15, 0.2) is 5.69 Å². The second kappa shape index (κ2) is 8.04. The highest BCUT2D eigenvalue weighted by Gasteiger charge is 2.20. The van der Waals surface area contributed by atoms with Crippen LogP contribution in [0.5, 0.6) is 0 Å². The van der Waals surface area contributed by atoms with Crippen LogP contribution in [0.15, 0.2) is 53.3 Å². The van der Waals surface area contributed by atoms with Crippen LogP contribution in [0.1, 0.15) is 35.9 Å². The fourth-order valence-electron chi connectivity index (χ4n) is 3.13. The topological polar surface area (TPSA) is 110 Å². The van der Waals surface area contributed by atoms with E-state index >= 15 is 0 Å². The van der Waals surface area contributed by atoms with Crippen LogP contribution in [0.2, 0.25) is 0 Å². The second-order valence-corrected chi connectivity index (χ2v) is 8.42. The lowest BCUT2D eigenvalue weighted by molar-refractivity contribution is 0.0934. The number of hydrogen-bond donors (Lipinski definition) is 2. The normalized spacial score (nSPS) is 12.5. The number of rotatable bonds is 6. The van der Waals surface area contributed by atoms with E-state index < -0.39 is 22.0 Å². The van der Waals surface area contributed by atoms with Crippen LogP contribution >= 0.6 is 0 Å². The molecule has 0 aliphatic heterocycles. The lowest BCUT2D eigenvalue weighted by Crippen LogP contribution is -2.32.